The highest BCUT2D eigenvalue weighted by molar-refractivity contribution is 6.04. The number of hydrogen-bond donors (Lipinski definition) is 2. The lowest BCUT2D eigenvalue weighted by molar-refractivity contribution is -0.126. The van der Waals surface area contributed by atoms with Crippen molar-refractivity contribution in [2.45, 2.75) is 26.3 Å². The van der Waals surface area contributed by atoms with Crippen molar-refractivity contribution in [1.29, 1.82) is 0 Å². The van der Waals surface area contributed by atoms with Crippen molar-refractivity contribution in [3.63, 3.8) is 0 Å². The van der Waals surface area contributed by atoms with Gasteiger partial charge in [0.2, 0.25) is 5.91 Å². The molecule has 0 aliphatic carbocycles. The molecule has 1 aliphatic rings. The predicted molar refractivity (Wildman–Crippen MR) is 115 cm³/mol. The Morgan fingerprint density at radius 2 is 2.10 bits per heavy atom. The number of piperazine rings is 1. The molecule has 1 saturated heterocycles. The van der Waals surface area contributed by atoms with Gasteiger partial charge in [-0.3, -0.25) is 9.59 Å². The van der Waals surface area contributed by atoms with Crippen LogP contribution in [0.1, 0.15) is 41.6 Å². The highest BCUT2D eigenvalue weighted by Gasteiger charge is 2.22. The average molecular weight is 423 g/mol. The van der Waals surface area contributed by atoms with E-state index in [0.717, 1.165) is 5.69 Å². The Balaban J connectivity index is 1.46. The average Bonchev–Trinajstić information content (AvgIpc) is 3.44. The Morgan fingerprint density at radius 1 is 1.32 bits per heavy atom. The number of aromatic nitrogens is 4. The zero-order valence-corrected chi connectivity index (χ0v) is 17.6. The first-order valence-electron chi connectivity index (χ1n) is 10.2. The standard InChI is InChI=1S/C21H25N7O3/c1-4-18(29)28-7-5-27(6-8-28)17-12-23-20-19(25-17)15(11-22-20)21(30)24-10-14-9-16(13(2)3)26-31-14/h4,9,11-13H,1,5-8,10H2,2-3H3,(H,22,23)(H,24,30). The molecule has 162 valence electrons. The molecule has 0 saturated carbocycles. The quantitative estimate of drug-likeness (QED) is 0.580. The number of nitrogens with zero attached hydrogens (tertiary/aromatic N) is 5. The van der Waals surface area contributed by atoms with Gasteiger partial charge in [-0.15, -0.1) is 0 Å². The number of hydrogen-bond acceptors (Lipinski definition) is 7. The molecule has 0 unspecified atom stereocenters. The molecular formula is C21H25N7O3. The molecule has 4 rings (SSSR count). The largest absolute Gasteiger partial charge is 0.359 e. The number of anilines is 1. The number of aromatic amines is 1. The molecular weight excluding hydrogens is 398 g/mol. The molecule has 0 aromatic carbocycles. The van der Waals surface area contributed by atoms with E-state index >= 15 is 0 Å². The monoisotopic (exact) mass is 423 g/mol. The first-order chi connectivity index (χ1) is 15.0. The second kappa shape index (κ2) is 8.58. The normalized spacial score (nSPS) is 14.3. The summed E-state index contributed by atoms with van der Waals surface area (Å²) in [5.74, 6) is 1.17. The number of fused-ring (bicyclic) bond motifs is 1. The molecule has 0 bridgehead atoms. The Hall–Kier alpha value is -3.69. The van der Waals surface area contributed by atoms with Crippen LogP contribution in [0.5, 0.6) is 0 Å². The Bertz CT molecular complexity index is 1110. The van der Waals surface area contributed by atoms with Crippen LogP contribution < -0.4 is 10.2 Å². The summed E-state index contributed by atoms with van der Waals surface area (Å²) in [6.45, 7) is 10.3. The first kappa shape index (κ1) is 20.6. The van der Waals surface area contributed by atoms with E-state index in [-0.39, 0.29) is 24.3 Å². The van der Waals surface area contributed by atoms with Crippen LogP contribution in [0.3, 0.4) is 0 Å². The minimum absolute atomic E-state index is 0.0712. The lowest BCUT2D eigenvalue weighted by Gasteiger charge is -2.34. The van der Waals surface area contributed by atoms with Gasteiger partial charge in [-0.05, 0) is 12.0 Å². The summed E-state index contributed by atoms with van der Waals surface area (Å²) < 4.78 is 5.27. The third kappa shape index (κ3) is 4.27. The summed E-state index contributed by atoms with van der Waals surface area (Å²) in [5.41, 5.74) is 2.30. The van der Waals surface area contributed by atoms with Gasteiger partial charge in [-0.25, -0.2) is 9.97 Å². The summed E-state index contributed by atoms with van der Waals surface area (Å²) in [4.78, 5) is 40.4. The molecule has 2 amide bonds. The van der Waals surface area contributed by atoms with Gasteiger partial charge in [-0.2, -0.15) is 0 Å². The van der Waals surface area contributed by atoms with Crippen LogP contribution >= 0.6 is 0 Å². The van der Waals surface area contributed by atoms with Crippen molar-refractivity contribution in [2.24, 2.45) is 0 Å². The van der Waals surface area contributed by atoms with Crippen LogP contribution in [0.4, 0.5) is 5.82 Å². The van der Waals surface area contributed by atoms with E-state index in [4.69, 9.17) is 4.52 Å². The molecule has 3 aromatic rings. The predicted octanol–water partition coefficient (Wildman–Crippen LogP) is 1.83. The van der Waals surface area contributed by atoms with E-state index in [9.17, 15) is 9.59 Å². The molecule has 3 aromatic heterocycles. The fourth-order valence-electron chi connectivity index (χ4n) is 3.44. The molecule has 31 heavy (non-hydrogen) atoms. The van der Waals surface area contributed by atoms with Gasteiger partial charge in [0.05, 0.1) is 24.0 Å². The smallest absolute Gasteiger partial charge is 0.255 e. The summed E-state index contributed by atoms with van der Waals surface area (Å²) in [7, 11) is 0. The van der Waals surface area contributed by atoms with Crippen LogP contribution in [-0.4, -0.2) is 63.0 Å². The second-order valence-corrected chi connectivity index (χ2v) is 7.70. The van der Waals surface area contributed by atoms with Gasteiger partial charge in [0.1, 0.15) is 11.3 Å². The number of nitrogens with one attached hydrogen (secondary N) is 2. The van der Waals surface area contributed by atoms with Crippen LogP contribution in [0.25, 0.3) is 11.2 Å². The van der Waals surface area contributed by atoms with E-state index in [0.29, 0.717) is 54.5 Å². The Labute approximate surface area is 179 Å². The summed E-state index contributed by atoms with van der Waals surface area (Å²) >= 11 is 0. The molecule has 10 heteroatoms. The molecule has 2 N–H and O–H groups in total. The van der Waals surface area contributed by atoms with Crippen LogP contribution in [0.2, 0.25) is 0 Å². The fourth-order valence-corrected chi connectivity index (χ4v) is 3.44. The molecule has 0 radical (unpaired) electrons. The second-order valence-electron chi connectivity index (χ2n) is 7.70. The van der Waals surface area contributed by atoms with Gasteiger partial charge in [-0.1, -0.05) is 25.6 Å². The maximum absolute atomic E-state index is 12.7. The van der Waals surface area contributed by atoms with E-state index in [1.165, 1.54) is 6.08 Å². The number of carbonyl (C=O) groups excluding carboxylic acids is 2. The van der Waals surface area contributed by atoms with Crippen molar-refractivity contribution in [1.82, 2.24) is 30.3 Å². The zero-order valence-electron chi connectivity index (χ0n) is 17.6. The van der Waals surface area contributed by atoms with Crippen molar-refractivity contribution in [3.05, 3.63) is 48.1 Å². The summed E-state index contributed by atoms with van der Waals surface area (Å²) in [6.07, 6.45) is 4.60. The van der Waals surface area contributed by atoms with Gasteiger partial charge >= 0.3 is 0 Å². The highest BCUT2D eigenvalue weighted by Crippen LogP contribution is 2.20. The number of amides is 2. The minimum atomic E-state index is -0.276. The Kier molecular flexibility index (Phi) is 5.70. The molecule has 1 fully saturated rings. The van der Waals surface area contributed by atoms with Gasteiger partial charge in [0, 0.05) is 38.4 Å². The highest BCUT2D eigenvalue weighted by atomic mass is 16.5. The SMILES string of the molecule is C=CC(=O)N1CCN(c2cnc3[nH]cc(C(=O)NCc4cc(C(C)C)no4)c3n2)CC1. The maximum atomic E-state index is 12.7. The minimum Gasteiger partial charge on any atom is -0.359 e. The fraction of sp³-hybridized carbons (Fsp3) is 0.381. The Morgan fingerprint density at radius 3 is 2.77 bits per heavy atom. The zero-order chi connectivity index (χ0) is 22.0. The van der Waals surface area contributed by atoms with Gasteiger partial charge in [0.25, 0.3) is 5.91 Å². The maximum Gasteiger partial charge on any atom is 0.255 e. The van der Waals surface area contributed by atoms with E-state index in [1.54, 1.807) is 17.3 Å². The lowest BCUT2D eigenvalue weighted by atomic mass is 10.1. The number of carbonyl (C=O) groups is 2. The third-order valence-corrected chi connectivity index (χ3v) is 5.29. The van der Waals surface area contributed by atoms with Crippen LogP contribution in [-0.2, 0) is 11.3 Å². The molecule has 4 heterocycles. The van der Waals surface area contributed by atoms with Crippen molar-refractivity contribution in [2.75, 3.05) is 31.1 Å². The number of H-pyrrole nitrogens is 1. The molecule has 1 aliphatic heterocycles. The van der Waals surface area contributed by atoms with Gasteiger partial charge < -0.3 is 24.6 Å². The summed E-state index contributed by atoms with van der Waals surface area (Å²) in [5, 5.41) is 6.84. The summed E-state index contributed by atoms with van der Waals surface area (Å²) in [6, 6.07) is 1.84. The molecule has 0 spiro atoms. The van der Waals surface area contributed by atoms with Crippen LogP contribution in [0.15, 0.2) is 35.6 Å². The molecule has 0 atom stereocenters. The topological polar surface area (TPSA) is 120 Å². The van der Waals surface area contributed by atoms with Crippen molar-refractivity contribution >= 4 is 28.8 Å². The van der Waals surface area contributed by atoms with E-state index in [1.807, 2.05) is 19.9 Å². The van der Waals surface area contributed by atoms with E-state index in [2.05, 4.69) is 36.9 Å². The molecule has 10 nitrogen and oxygen atoms in total. The first-order valence-corrected chi connectivity index (χ1v) is 10.2. The third-order valence-electron chi connectivity index (χ3n) is 5.29. The van der Waals surface area contributed by atoms with Crippen molar-refractivity contribution in [3.8, 4) is 0 Å². The van der Waals surface area contributed by atoms with Crippen molar-refractivity contribution < 1.29 is 14.1 Å². The number of rotatable bonds is 6. The van der Waals surface area contributed by atoms with Gasteiger partial charge in [0.15, 0.2) is 11.4 Å². The van der Waals surface area contributed by atoms with E-state index < -0.39 is 0 Å². The lowest BCUT2D eigenvalue weighted by Crippen LogP contribution is -2.48. The van der Waals surface area contributed by atoms with Crippen LogP contribution in [0, 0.1) is 0 Å².